The Morgan fingerprint density at radius 1 is 1.10 bits per heavy atom. The average Bonchev–Trinajstić information content (AvgIpc) is 2.79. The van der Waals surface area contributed by atoms with E-state index in [0.717, 1.165) is 59.2 Å². The Morgan fingerprint density at radius 2 is 1.94 bits per heavy atom. The zero-order chi connectivity index (χ0) is 21.4. The highest BCUT2D eigenvalue weighted by Crippen LogP contribution is 2.34. The number of benzene rings is 1. The second-order valence-corrected chi connectivity index (χ2v) is 8.30. The zero-order valence-corrected chi connectivity index (χ0v) is 17.9. The number of para-hydroxylation sites is 1. The van der Waals surface area contributed by atoms with Crippen molar-refractivity contribution in [3.8, 4) is 0 Å². The quantitative estimate of drug-likeness (QED) is 0.493. The topological polar surface area (TPSA) is 87.1 Å². The van der Waals surface area contributed by atoms with Gasteiger partial charge < -0.3 is 15.3 Å². The highest BCUT2D eigenvalue weighted by molar-refractivity contribution is 6.35. The molecule has 0 amide bonds. The van der Waals surface area contributed by atoms with Gasteiger partial charge in [0.2, 0.25) is 0 Å². The molecule has 2 N–H and O–H groups in total. The van der Waals surface area contributed by atoms with E-state index in [9.17, 15) is 5.11 Å². The van der Waals surface area contributed by atoms with E-state index in [0.29, 0.717) is 10.8 Å². The minimum Gasteiger partial charge on any atom is -0.393 e. The molecule has 8 heteroatoms. The fourth-order valence-corrected chi connectivity index (χ4v) is 4.32. The fourth-order valence-electron chi connectivity index (χ4n) is 4.10. The number of hydrogen-bond donors (Lipinski definition) is 2. The first kappa shape index (κ1) is 19.9. The van der Waals surface area contributed by atoms with Crippen molar-refractivity contribution in [2.75, 3.05) is 23.3 Å². The van der Waals surface area contributed by atoms with Gasteiger partial charge in [-0.1, -0.05) is 23.7 Å². The van der Waals surface area contributed by atoms with Crippen molar-refractivity contribution < 1.29 is 5.11 Å². The number of aliphatic hydroxyl groups excluding tert-OH is 1. The molecule has 3 aromatic heterocycles. The predicted molar refractivity (Wildman–Crippen MR) is 124 cm³/mol. The molecule has 0 spiro atoms. The maximum Gasteiger partial charge on any atom is 0.156 e. The number of nitrogens with zero attached hydrogens (tertiary/aromatic N) is 5. The van der Waals surface area contributed by atoms with E-state index in [1.807, 2.05) is 30.3 Å². The lowest BCUT2D eigenvalue weighted by atomic mass is 10.0. The number of fused-ring (bicyclic) bond motifs is 2. The van der Waals surface area contributed by atoms with Crippen molar-refractivity contribution >= 4 is 45.2 Å². The van der Waals surface area contributed by atoms with Crippen LogP contribution < -0.4 is 10.2 Å². The Balaban J connectivity index is 1.57. The van der Waals surface area contributed by atoms with Crippen molar-refractivity contribution in [3.63, 3.8) is 0 Å². The normalized spacial score (nSPS) is 16.0. The summed E-state index contributed by atoms with van der Waals surface area (Å²) in [6.45, 7) is 3.59. The molecule has 1 aromatic carbocycles. The summed E-state index contributed by atoms with van der Waals surface area (Å²) in [4.78, 5) is 20.4. The van der Waals surface area contributed by atoms with Crippen molar-refractivity contribution in [3.05, 3.63) is 59.5 Å². The van der Waals surface area contributed by atoms with Crippen LogP contribution >= 0.6 is 11.6 Å². The second-order valence-electron chi connectivity index (χ2n) is 7.89. The SMILES string of the molecule is C[C@H](Nc1ncnc2cccnc12)c1cc2cccc(Cl)c2nc1N1CCC(O)CC1. The van der Waals surface area contributed by atoms with Gasteiger partial charge in [0.25, 0.3) is 0 Å². The average molecular weight is 435 g/mol. The molecule has 1 fully saturated rings. The monoisotopic (exact) mass is 434 g/mol. The van der Waals surface area contributed by atoms with Crippen molar-refractivity contribution in [2.24, 2.45) is 0 Å². The Bertz CT molecular complexity index is 1240. The van der Waals surface area contributed by atoms with Crippen LogP contribution in [0.15, 0.2) is 48.9 Å². The van der Waals surface area contributed by atoms with Gasteiger partial charge in [-0.2, -0.15) is 0 Å². The molecule has 0 bridgehead atoms. The van der Waals surface area contributed by atoms with E-state index < -0.39 is 0 Å². The summed E-state index contributed by atoms with van der Waals surface area (Å²) in [5.74, 6) is 1.57. The van der Waals surface area contributed by atoms with Gasteiger partial charge >= 0.3 is 0 Å². The molecule has 1 aliphatic rings. The first-order chi connectivity index (χ1) is 15.1. The van der Waals surface area contributed by atoms with Crippen molar-refractivity contribution in [1.29, 1.82) is 0 Å². The summed E-state index contributed by atoms with van der Waals surface area (Å²) < 4.78 is 0. The largest absolute Gasteiger partial charge is 0.393 e. The van der Waals surface area contributed by atoms with Gasteiger partial charge in [-0.15, -0.1) is 0 Å². The number of hydrogen-bond acceptors (Lipinski definition) is 7. The van der Waals surface area contributed by atoms with Gasteiger partial charge in [0.05, 0.1) is 28.2 Å². The zero-order valence-electron chi connectivity index (χ0n) is 17.2. The number of aromatic nitrogens is 4. The van der Waals surface area contributed by atoms with Crippen LogP contribution in [0.25, 0.3) is 21.9 Å². The van der Waals surface area contributed by atoms with Gasteiger partial charge in [-0.3, -0.25) is 4.98 Å². The number of anilines is 2. The number of rotatable bonds is 4. The summed E-state index contributed by atoms with van der Waals surface area (Å²) in [6.07, 6.45) is 4.49. The molecule has 31 heavy (non-hydrogen) atoms. The van der Waals surface area contributed by atoms with Crippen LogP contribution in [0.3, 0.4) is 0 Å². The van der Waals surface area contributed by atoms with Gasteiger partial charge in [-0.25, -0.2) is 15.0 Å². The lowest BCUT2D eigenvalue weighted by molar-refractivity contribution is 0.145. The molecule has 1 atom stereocenters. The minimum atomic E-state index is -0.252. The third-order valence-corrected chi connectivity index (χ3v) is 6.09. The fraction of sp³-hybridized carbons (Fsp3) is 0.304. The summed E-state index contributed by atoms with van der Waals surface area (Å²) >= 11 is 6.46. The third kappa shape index (κ3) is 3.86. The molecule has 4 aromatic rings. The first-order valence-corrected chi connectivity index (χ1v) is 10.8. The Morgan fingerprint density at radius 3 is 2.77 bits per heavy atom. The van der Waals surface area contributed by atoms with E-state index in [4.69, 9.17) is 16.6 Å². The van der Waals surface area contributed by atoms with Crippen LogP contribution in [0.4, 0.5) is 11.6 Å². The maximum atomic E-state index is 9.96. The number of aliphatic hydroxyl groups is 1. The van der Waals surface area contributed by atoms with Crippen LogP contribution in [-0.4, -0.2) is 44.2 Å². The summed E-state index contributed by atoms with van der Waals surface area (Å²) in [5.41, 5.74) is 3.36. The molecular weight excluding hydrogens is 412 g/mol. The van der Waals surface area contributed by atoms with Crippen molar-refractivity contribution in [1.82, 2.24) is 19.9 Å². The van der Waals surface area contributed by atoms with Crippen LogP contribution in [0.1, 0.15) is 31.4 Å². The second kappa shape index (κ2) is 8.24. The minimum absolute atomic E-state index is 0.0853. The van der Waals surface area contributed by atoms with Crippen LogP contribution in [0.2, 0.25) is 5.02 Å². The first-order valence-electron chi connectivity index (χ1n) is 10.4. The predicted octanol–water partition coefficient (Wildman–Crippen LogP) is 4.36. The summed E-state index contributed by atoms with van der Waals surface area (Å²) in [6, 6.07) is 11.7. The summed E-state index contributed by atoms with van der Waals surface area (Å²) in [5, 5.41) is 15.1. The van der Waals surface area contributed by atoms with Gasteiger partial charge in [0.1, 0.15) is 17.7 Å². The molecule has 1 aliphatic heterocycles. The van der Waals surface area contributed by atoms with E-state index in [-0.39, 0.29) is 12.1 Å². The standard InChI is InChI=1S/C23H23ClN6O/c1-14(28-22-21-19(26-13-27-22)6-3-9-25-21)17-12-15-4-2-5-18(24)20(15)29-23(17)30-10-7-16(31)8-11-30/h2-6,9,12-14,16,31H,7-8,10-11H2,1H3,(H,26,27,28)/t14-/m0/s1. The number of pyridine rings is 2. The molecular formula is C23H23ClN6O. The van der Waals surface area contributed by atoms with E-state index in [1.54, 1.807) is 12.5 Å². The molecule has 7 nitrogen and oxygen atoms in total. The van der Waals surface area contributed by atoms with Gasteiger partial charge in [0, 0.05) is 30.2 Å². The van der Waals surface area contributed by atoms with Crippen LogP contribution in [0.5, 0.6) is 0 Å². The molecule has 5 rings (SSSR count). The molecule has 0 saturated carbocycles. The highest BCUT2D eigenvalue weighted by Gasteiger charge is 2.24. The van der Waals surface area contributed by atoms with Crippen LogP contribution in [0, 0.1) is 0 Å². The summed E-state index contributed by atoms with van der Waals surface area (Å²) in [7, 11) is 0. The maximum absolute atomic E-state index is 9.96. The van der Waals surface area contributed by atoms with E-state index in [2.05, 4.69) is 38.2 Å². The smallest absolute Gasteiger partial charge is 0.156 e. The Kier molecular flexibility index (Phi) is 5.29. The Hall–Kier alpha value is -3.03. The van der Waals surface area contributed by atoms with E-state index in [1.165, 1.54) is 0 Å². The van der Waals surface area contributed by atoms with Gasteiger partial charge in [-0.05, 0) is 44.0 Å². The third-order valence-electron chi connectivity index (χ3n) is 5.78. The van der Waals surface area contributed by atoms with Crippen LogP contribution in [-0.2, 0) is 0 Å². The number of halogens is 1. The Labute approximate surface area is 185 Å². The van der Waals surface area contributed by atoms with E-state index >= 15 is 0 Å². The number of nitrogens with one attached hydrogen (secondary N) is 1. The molecule has 1 saturated heterocycles. The highest BCUT2D eigenvalue weighted by atomic mass is 35.5. The van der Waals surface area contributed by atoms with Crippen molar-refractivity contribution in [2.45, 2.75) is 31.9 Å². The lowest BCUT2D eigenvalue weighted by Crippen LogP contribution is -2.37. The molecule has 158 valence electrons. The molecule has 0 radical (unpaired) electrons. The molecule has 4 heterocycles. The number of piperidine rings is 1. The molecule has 0 unspecified atom stereocenters. The lowest BCUT2D eigenvalue weighted by Gasteiger charge is -2.33. The van der Waals surface area contributed by atoms with Gasteiger partial charge in [0.15, 0.2) is 5.82 Å². The molecule has 0 aliphatic carbocycles.